The number of esters is 1. The van der Waals surface area contributed by atoms with E-state index in [9.17, 15) is 23.5 Å². The Labute approximate surface area is 251 Å². The molecular formula is C33H36N2O7S. The van der Waals surface area contributed by atoms with Gasteiger partial charge in [-0.05, 0) is 78.9 Å². The van der Waals surface area contributed by atoms with Crippen molar-refractivity contribution in [2.24, 2.45) is 0 Å². The van der Waals surface area contributed by atoms with Crippen LogP contribution in [0.15, 0.2) is 89.8 Å². The van der Waals surface area contributed by atoms with Gasteiger partial charge in [0.1, 0.15) is 11.5 Å². The van der Waals surface area contributed by atoms with Crippen molar-refractivity contribution in [3.63, 3.8) is 0 Å². The number of phenols is 1. The number of rotatable bonds is 9. The first-order valence-electron chi connectivity index (χ1n) is 13.7. The molecule has 0 heterocycles. The predicted molar refractivity (Wildman–Crippen MR) is 170 cm³/mol. The van der Waals surface area contributed by atoms with Crippen molar-refractivity contribution in [1.29, 1.82) is 0 Å². The minimum absolute atomic E-state index is 0.0116. The zero-order chi connectivity index (χ0) is 31.4. The van der Waals surface area contributed by atoms with E-state index >= 15 is 0 Å². The molecule has 0 bridgehead atoms. The van der Waals surface area contributed by atoms with E-state index in [1.54, 1.807) is 55.5 Å². The van der Waals surface area contributed by atoms with E-state index in [2.05, 4.69) is 24.5 Å². The number of carbonyl (C=O) groups is 2. The Bertz CT molecular complexity index is 1710. The highest BCUT2D eigenvalue weighted by molar-refractivity contribution is 8.27. The van der Waals surface area contributed by atoms with Crippen molar-refractivity contribution >= 4 is 37.6 Å². The summed E-state index contributed by atoms with van der Waals surface area (Å²) in [7, 11) is -3.74. The van der Waals surface area contributed by atoms with Crippen LogP contribution in [0.2, 0.25) is 0 Å². The average molecular weight is 605 g/mol. The maximum absolute atomic E-state index is 13.7. The third-order valence-electron chi connectivity index (χ3n) is 7.19. The van der Waals surface area contributed by atoms with Gasteiger partial charge in [-0.1, -0.05) is 47.5 Å². The maximum atomic E-state index is 13.7. The number of benzene rings is 4. The normalized spacial score (nSPS) is 12.8. The summed E-state index contributed by atoms with van der Waals surface area (Å²) in [6.07, 6.45) is 1.97. The molecular weight excluding hydrogens is 568 g/mol. The van der Waals surface area contributed by atoms with Crippen molar-refractivity contribution in [1.82, 2.24) is 0 Å². The van der Waals surface area contributed by atoms with Gasteiger partial charge in [0.25, 0.3) is 0 Å². The number of hydrogen-bond donors (Lipinski definition) is 4. The zero-order valence-electron chi connectivity index (χ0n) is 24.7. The van der Waals surface area contributed by atoms with Crippen molar-refractivity contribution in [3.8, 4) is 17.2 Å². The van der Waals surface area contributed by atoms with Crippen molar-refractivity contribution in [2.45, 2.75) is 38.0 Å². The second-order valence-corrected chi connectivity index (χ2v) is 14.0. The highest BCUT2D eigenvalue weighted by Crippen LogP contribution is 2.41. The molecule has 0 saturated carbocycles. The molecule has 1 amide bonds. The van der Waals surface area contributed by atoms with Crippen molar-refractivity contribution < 1.29 is 32.9 Å². The first-order valence-corrected chi connectivity index (χ1v) is 16.0. The molecule has 0 aliphatic heterocycles. The summed E-state index contributed by atoms with van der Waals surface area (Å²) in [6, 6.07) is 22.9. The minimum atomic E-state index is -5.03. The Balaban J connectivity index is 1.71. The molecule has 0 saturated heterocycles. The van der Waals surface area contributed by atoms with Gasteiger partial charge in [-0.3, -0.25) is 4.55 Å². The number of hydrogen-bond acceptors (Lipinski definition) is 7. The summed E-state index contributed by atoms with van der Waals surface area (Å²) in [4.78, 5) is 25.2. The second kappa shape index (κ2) is 12.3. The maximum Gasteiger partial charge on any atom is 0.338 e. The van der Waals surface area contributed by atoms with E-state index < -0.39 is 20.6 Å². The molecule has 1 unspecified atom stereocenters. The zero-order valence-corrected chi connectivity index (χ0v) is 25.5. The lowest BCUT2D eigenvalue weighted by Crippen LogP contribution is -2.43. The van der Waals surface area contributed by atoms with Crippen LogP contribution in [0.3, 0.4) is 0 Å². The van der Waals surface area contributed by atoms with Crippen molar-refractivity contribution in [2.75, 3.05) is 24.0 Å². The summed E-state index contributed by atoms with van der Waals surface area (Å²) in [6.45, 7) is 5.99. The lowest BCUT2D eigenvalue weighted by atomic mass is 9.99. The third-order valence-corrected chi connectivity index (χ3v) is 9.53. The quantitative estimate of drug-likeness (QED) is 0.111. The Morgan fingerprint density at radius 3 is 2.23 bits per heavy atom. The van der Waals surface area contributed by atoms with Gasteiger partial charge in [-0.25, -0.2) is 9.59 Å². The fraction of sp³-hybridized carbons (Fsp3) is 0.212. The predicted octanol–water partition coefficient (Wildman–Crippen LogP) is 8.05. The van der Waals surface area contributed by atoms with Crippen LogP contribution in [0.25, 0.3) is 0 Å². The number of anilines is 3. The van der Waals surface area contributed by atoms with Crippen molar-refractivity contribution in [3.05, 3.63) is 102 Å². The molecule has 1 atom stereocenters. The van der Waals surface area contributed by atoms with Gasteiger partial charge < -0.3 is 25.2 Å². The number of aryl methyl sites for hydroxylation is 1. The van der Waals surface area contributed by atoms with Crippen LogP contribution in [0, 0.1) is 6.92 Å². The Hall–Kier alpha value is -4.67. The van der Waals surface area contributed by atoms with Crippen LogP contribution >= 0.6 is 0 Å². The van der Waals surface area contributed by atoms with Gasteiger partial charge in [0.2, 0.25) is 0 Å². The molecule has 0 radical (unpaired) electrons. The molecule has 0 aliphatic carbocycles. The number of nitrogens with one attached hydrogen (secondary N) is 2. The monoisotopic (exact) mass is 604 g/mol. The number of ether oxygens (including phenoxy) is 2. The first-order chi connectivity index (χ1) is 20.3. The Morgan fingerprint density at radius 2 is 1.63 bits per heavy atom. The van der Waals surface area contributed by atoms with Gasteiger partial charge in [0.05, 0.1) is 28.9 Å². The van der Waals surface area contributed by atoms with Gasteiger partial charge in [0, 0.05) is 24.1 Å². The van der Waals surface area contributed by atoms with E-state index in [0.29, 0.717) is 22.9 Å². The molecule has 4 N–H and O–H groups in total. The van der Waals surface area contributed by atoms with Crippen LogP contribution in [0.1, 0.15) is 47.7 Å². The summed E-state index contributed by atoms with van der Waals surface area (Å²) in [5, 5.41) is 15.3. The molecule has 4 aromatic carbocycles. The largest absolute Gasteiger partial charge is 0.506 e. The molecule has 10 heteroatoms. The first kappa shape index (κ1) is 31.3. The number of carbonyl (C=O) groups excluding carboxylic acids is 2. The standard InChI is InChI=1S/C33H36N2O7S/c1-6-22(3)23-12-16-26(17-13-23)42-31-20-28(34-25-14-10-24(11-15-25)32(37)41-4)30(36)19-29(31)35-33(38)43(5,39,40)27-9-7-8-21(2)18-27/h7-20,22,34,36H,6H2,1-5H3,(H,35,38)(H,39,40). The van der Waals surface area contributed by atoms with Gasteiger partial charge >= 0.3 is 11.2 Å². The molecule has 0 fully saturated rings. The molecule has 9 nitrogen and oxygen atoms in total. The van der Waals surface area contributed by atoms with E-state index in [1.165, 1.54) is 31.4 Å². The van der Waals surface area contributed by atoms with E-state index in [4.69, 9.17) is 9.47 Å². The van der Waals surface area contributed by atoms with Crippen LogP contribution < -0.4 is 15.4 Å². The molecule has 4 aromatic rings. The number of aromatic hydroxyl groups is 1. The summed E-state index contributed by atoms with van der Waals surface area (Å²) in [5.74, 6) is 0.187. The van der Waals surface area contributed by atoms with E-state index in [1.807, 2.05) is 12.1 Å². The Morgan fingerprint density at radius 1 is 0.953 bits per heavy atom. The number of amides is 1. The number of phenolic OH excluding ortho intramolecular Hbond substituents is 1. The van der Waals surface area contributed by atoms with Gasteiger partial charge in [-0.2, -0.15) is 4.21 Å². The van der Waals surface area contributed by atoms with Crippen LogP contribution in [-0.2, 0) is 14.1 Å². The SMILES string of the molecule is CCC(C)c1ccc(Oc2cc(Nc3ccc(C(=O)OC)cc3)c(O)cc2NC(=O)S(C)(=O)(O)c2cccc(C)c2)cc1. The molecule has 0 aromatic heterocycles. The summed E-state index contributed by atoms with van der Waals surface area (Å²) >= 11 is 0. The van der Waals surface area contributed by atoms with Crippen LogP contribution in [0.4, 0.5) is 21.9 Å². The van der Waals surface area contributed by atoms with Crippen LogP contribution in [-0.4, -0.2) is 38.4 Å². The highest BCUT2D eigenvalue weighted by atomic mass is 32.3. The van der Waals surface area contributed by atoms with Gasteiger partial charge in [0.15, 0.2) is 5.75 Å². The summed E-state index contributed by atoms with van der Waals surface area (Å²) < 4.78 is 35.8. The number of methoxy groups -OCH3 is 1. The minimum Gasteiger partial charge on any atom is -0.506 e. The van der Waals surface area contributed by atoms with Crippen LogP contribution in [0.5, 0.6) is 17.2 Å². The average Bonchev–Trinajstić information content (AvgIpc) is 2.99. The molecule has 43 heavy (non-hydrogen) atoms. The third kappa shape index (κ3) is 7.04. The Kier molecular flexibility index (Phi) is 8.93. The molecule has 0 spiro atoms. The molecule has 0 aliphatic rings. The lowest BCUT2D eigenvalue weighted by molar-refractivity contribution is 0.0600. The topological polar surface area (TPSA) is 134 Å². The smallest absolute Gasteiger partial charge is 0.338 e. The second-order valence-electron chi connectivity index (χ2n) is 10.6. The van der Waals surface area contributed by atoms with E-state index in [-0.39, 0.29) is 27.8 Å². The van der Waals surface area contributed by atoms with Gasteiger partial charge in [-0.15, -0.1) is 0 Å². The lowest BCUT2D eigenvalue weighted by Gasteiger charge is -2.37. The van der Waals surface area contributed by atoms with E-state index in [0.717, 1.165) is 23.8 Å². The molecule has 226 valence electrons. The highest BCUT2D eigenvalue weighted by Gasteiger charge is 2.35. The molecule has 4 rings (SSSR count). The summed E-state index contributed by atoms with van der Waals surface area (Å²) in [5.41, 5.74) is 2.98. The fourth-order valence-corrected chi connectivity index (χ4v) is 5.72. The fourth-order valence-electron chi connectivity index (χ4n) is 4.29.